The van der Waals surface area contributed by atoms with E-state index in [1.165, 1.54) is 0 Å². The minimum atomic E-state index is -0.740. The molecule has 0 radical (unpaired) electrons. The molecule has 1 atom stereocenters. The van der Waals surface area contributed by atoms with Gasteiger partial charge in [-0.15, -0.1) is 0 Å². The molecule has 0 aromatic carbocycles. The van der Waals surface area contributed by atoms with Crippen LogP contribution in [0.3, 0.4) is 0 Å². The molecule has 0 fully saturated rings. The van der Waals surface area contributed by atoms with Gasteiger partial charge in [0, 0.05) is 25.7 Å². The van der Waals surface area contributed by atoms with Crippen LogP contribution in [0.4, 0.5) is 5.95 Å². The molecule has 0 bridgehead atoms. The van der Waals surface area contributed by atoms with Crippen molar-refractivity contribution in [2.45, 2.75) is 39.3 Å². The van der Waals surface area contributed by atoms with Gasteiger partial charge < -0.3 is 15.5 Å². The average molecular weight is 309 g/mol. The molecule has 0 aliphatic heterocycles. The van der Waals surface area contributed by atoms with Crippen molar-refractivity contribution >= 4 is 17.8 Å². The number of aromatic nitrogens is 2. The predicted molar refractivity (Wildman–Crippen MR) is 84.0 cm³/mol. The molecule has 0 unspecified atom stereocenters. The van der Waals surface area contributed by atoms with Crippen molar-refractivity contribution in [1.82, 2.24) is 20.6 Å². The van der Waals surface area contributed by atoms with Crippen molar-refractivity contribution in [3.05, 3.63) is 22.1 Å². The minimum absolute atomic E-state index is 0.0390. The first-order valence-electron chi connectivity index (χ1n) is 6.91. The number of carbonyl (C=O) groups is 2. The Kier molecular flexibility index (Phi) is 5.29. The van der Waals surface area contributed by atoms with Gasteiger partial charge in [0.1, 0.15) is 11.7 Å². The number of nitrogens with one attached hydrogen (secondary N) is 3. The van der Waals surface area contributed by atoms with Crippen molar-refractivity contribution in [2.24, 2.45) is 0 Å². The number of rotatable bonds is 4. The van der Waals surface area contributed by atoms with Crippen LogP contribution in [0.2, 0.25) is 0 Å². The summed E-state index contributed by atoms with van der Waals surface area (Å²) in [7, 11) is 3.39. The van der Waals surface area contributed by atoms with Gasteiger partial charge in [-0.2, -0.15) is 0 Å². The summed E-state index contributed by atoms with van der Waals surface area (Å²) in [5.74, 6) is -0.617. The fourth-order valence-electron chi connectivity index (χ4n) is 1.59. The molecule has 2 amide bonds. The number of hydrogen-bond donors (Lipinski definition) is 3. The first-order chi connectivity index (χ1) is 9.99. The molecule has 1 aromatic heterocycles. The van der Waals surface area contributed by atoms with Crippen molar-refractivity contribution in [1.29, 1.82) is 0 Å². The summed E-state index contributed by atoms with van der Waals surface area (Å²) in [6, 6.07) is 0.354. The quantitative estimate of drug-likeness (QED) is 0.718. The molecule has 8 nitrogen and oxygen atoms in total. The lowest BCUT2D eigenvalue weighted by Crippen LogP contribution is -2.51. The van der Waals surface area contributed by atoms with Crippen LogP contribution in [0.5, 0.6) is 0 Å². The highest BCUT2D eigenvalue weighted by Gasteiger charge is 2.22. The Morgan fingerprint density at radius 3 is 2.41 bits per heavy atom. The molecule has 1 heterocycles. The van der Waals surface area contributed by atoms with Gasteiger partial charge in [-0.05, 0) is 27.7 Å². The van der Waals surface area contributed by atoms with Gasteiger partial charge in [0.05, 0.1) is 0 Å². The first-order valence-corrected chi connectivity index (χ1v) is 6.91. The Bertz CT molecular complexity index is 616. The SMILES string of the molecule is C[C@H](NC(=O)c1cc(=O)[nH]c(N(C)C)n1)C(=O)NC(C)(C)C. The van der Waals surface area contributed by atoms with Crippen molar-refractivity contribution in [3.8, 4) is 0 Å². The largest absolute Gasteiger partial charge is 0.350 e. The van der Waals surface area contributed by atoms with Crippen molar-refractivity contribution in [2.75, 3.05) is 19.0 Å². The summed E-state index contributed by atoms with van der Waals surface area (Å²) in [5, 5.41) is 5.29. The Hall–Kier alpha value is -2.38. The average Bonchev–Trinajstić information content (AvgIpc) is 2.35. The Balaban J connectivity index is 2.85. The minimum Gasteiger partial charge on any atom is -0.350 e. The molecule has 1 aromatic rings. The monoisotopic (exact) mass is 309 g/mol. The summed E-state index contributed by atoms with van der Waals surface area (Å²) in [4.78, 5) is 43.8. The summed E-state index contributed by atoms with van der Waals surface area (Å²) in [5.41, 5.74) is -0.866. The lowest BCUT2D eigenvalue weighted by Gasteiger charge is -2.23. The van der Waals surface area contributed by atoms with Gasteiger partial charge in [-0.1, -0.05) is 0 Å². The molecule has 0 aliphatic rings. The first kappa shape index (κ1) is 17.7. The maximum Gasteiger partial charge on any atom is 0.270 e. The lowest BCUT2D eigenvalue weighted by atomic mass is 10.1. The van der Waals surface area contributed by atoms with E-state index in [0.717, 1.165) is 6.07 Å². The fraction of sp³-hybridized carbons (Fsp3) is 0.571. The molecule has 3 N–H and O–H groups in total. The van der Waals surface area contributed by atoms with Crippen LogP contribution >= 0.6 is 0 Å². The zero-order valence-electron chi connectivity index (χ0n) is 13.8. The topological polar surface area (TPSA) is 107 Å². The van der Waals surface area contributed by atoms with Crippen molar-refractivity contribution < 1.29 is 9.59 Å². The normalized spacial score (nSPS) is 12.5. The molecule has 122 valence electrons. The van der Waals surface area contributed by atoms with Gasteiger partial charge in [0.25, 0.3) is 11.5 Å². The van der Waals surface area contributed by atoms with Crippen LogP contribution in [0.1, 0.15) is 38.2 Å². The lowest BCUT2D eigenvalue weighted by molar-refractivity contribution is -0.124. The van der Waals surface area contributed by atoms with Crippen molar-refractivity contribution in [3.63, 3.8) is 0 Å². The van der Waals surface area contributed by atoms with E-state index in [9.17, 15) is 14.4 Å². The van der Waals surface area contributed by atoms with Gasteiger partial charge >= 0.3 is 0 Å². The van der Waals surface area contributed by atoms with Crippen LogP contribution in [-0.4, -0.2) is 47.5 Å². The van der Waals surface area contributed by atoms with E-state index >= 15 is 0 Å². The van der Waals surface area contributed by atoms with E-state index in [4.69, 9.17) is 0 Å². The summed E-state index contributed by atoms with van der Waals surface area (Å²) >= 11 is 0. The molecule has 0 spiro atoms. The number of carbonyl (C=O) groups excluding carboxylic acids is 2. The van der Waals surface area contributed by atoms with E-state index in [-0.39, 0.29) is 17.5 Å². The zero-order chi connectivity index (χ0) is 17.1. The third kappa shape index (κ3) is 5.19. The molecular weight excluding hydrogens is 286 g/mol. The molecular formula is C14H23N5O3. The highest BCUT2D eigenvalue weighted by molar-refractivity contribution is 5.96. The van der Waals surface area contributed by atoms with Crippen LogP contribution in [0.15, 0.2) is 10.9 Å². The Morgan fingerprint density at radius 1 is 1.32 bits per heavy atom. The number of hydrogen-bond acceptors (Lipinski definition) is 5. The van der Waals surface area contributed by atoms with E-state index in [1.807, 2.05) is 20.8 Å². The van der Waals surface area contributed by atoms with Gasteiger partial charge in [0.2, 0.25) is 11.9 Å². The fourth-order valence-corrected chi connectivity index (χ4v) is 1.59. The second kappa shape index (κ2) is 6.59. The smallest absolute Gasteiger partial charge is 0.270 e. The maximum absolute atomic E-state index is 12.1. The molecule has 22 heavy (non-hydrogen) atoms. The van der Waals surface area contributed by atoms with Gasteiger partial charge in [-0.3, -0.25) is 19.4 Å². The summed E-state index contributed by atoms with van der Waals surface area (Å²) in [6.45, 7) is 7.11. The van der Waals surface area contributed by atoms with Gasteiger partial charge in [-0.25, -0.2) is 4.98 Å². The third-order valence-corrected chi connectivity index (χ3v) is 2.62. The number of H-pyrrole nitrogens is 1. The maximum atomic E-state index is 12.1. The van der Waals surface area contributed by atoms with E-state index < -0.39 is 23.0 Å². The van der Waals surface area contributed by atoms with E-state index in [2.05, 4.69) is 20.6 Å². The Labute approximate surface area is 129 Å². The second-order valence-electron chi connectivity index (χ2n) is 6.28. The van der Waals surface area contributed by atoms with Crippen LogP contribution in [0, 0.1) is 0 Å². The van der Waals surface area contributed by atoms with Crippen LogP contribution < -0.4 is 21.1 Å². The highest BCUT2D eigenvalue weighted by Crippen LogP contribution is 2.02. The highest BCUT2D eigenvalue weighted by atomic mass is 16.2. The number of aromatic amines is 1. The number of amides is 2. The van der Waals surface area contributed by atoms with Crippen LogP contribution in [0.25, 0.3) is 0 Å². The second-order valence-corrected chi connectivity index (χ2v) is 6.28. The summed E-state index contributed by atoms with van der Waals surface area (Å²) in [6.07, 6.45) is 0. The summed E-state index contributed by atoms with van der Waals surface area (Å²) < 4.78 is 0. The van der Waals surface area contributed by atoms with Crippen LogP contribution in [-0.2, 0) is 4.79 Å². The zero-order valence-corrected chi connectivity index (χ0v) is 13.8. The Morgan fingerprint density at radius 2 is 1.91 bits per heavy atom. The van der Waals surface area contributed by atoms with Gasteiger partial charge in [0.15, 0.2) is 0 Å². The molecule has 0 saturated carbocycles. The molecule has 0 aliphatic carbocycles. The number of anilines is 1. The standard InChI is InChI=1S/C14H23N5O3/c1-8(11(21)18-14(2,3)4)15-12(22)9-7-10(20)17-13(16-9)19(5)6/h7-8H,1-6H3,(H,15,22)(H,18,21)(H,16,17,20)/t8-/m0/s1. The molecule has 1 rings (SSSR count). The third-order valence-electron chi connectivity index (χ3n) is 2.62. The predicted octanol–water partition coefficient (Wildman–Crippen LogP) is -0.131. The molecule has 8 heteroatoms. The van der Waals surface area contributed by atoms with E-state index in [1.54, 1.807) is 25.9 Å². The van der Waals surface area contributed by atoms with E-state index in [0.29, 0.717) is 0 Å². The number of nitrogens with zero attached hydrogens (tertiary/aromatic N) is 2. The molecule has 0 saturated heterocycles.